The van der Waals surface area contributed by atoms with E-state index in [-0.39, 0.29) is 10.8 Å². The molecule has 4 aromatic rings. The Bertz CT molecular complexity index is 1180. The highest BCUT2D eigenvalue weighted by Crippen LogP contribution is 2.22. The van der Waals surface area contributed by atoms with Crippen molar-refractivity contribution in [3.8, 4) is 0 Å². The molecule has 2 aromatic heterocycles. The molecule has 0 spiro atoms. The van der Waals surface area contributed by atoms with Gasteiger partial charge >= 0.3 is 0 Å². The van der Waals surface area contributed by atoms with E-state index in [1.54, 1.807) is 16.8 Å². The summed E-state index contributed by atoms with van der Waals surface area (Å²) >= 11 is 0.968. The summed E-state index contributed by atoms with van der Waals surface area (Å²) in [4.78, 5) is 4.10. The third-order valence-electron chi connectivity index (χ3n) is 3.73. The summed E-state index contributed by atoms with van der Waals surface area (Å²) in [6, 6.07) is 12.8. The standard InChI is InChI=1S/C16H14N6O2S2/c1-11-4-2-5-12(8-11)9-22-10-17-16(18-22)21-26(23,24)14-7-3-6-13-15(14)20-25-19-13/h2-8,10H,9H2,1H3,(H,18,21). The average Bonchev–Trinajstić information content (AvgIpc) is 3.23. The number of hydrogen-bond donors (Lipinski definition) is 1. The molecule has 0 amide bonds. The van der Waals surface area contributed by atoms with Crippen LogP contribution in [-0.2, 0) is 16.6 Å². The van der Waals surface area contributed by atoms with Crippen LogP contribution < -0.4 is 4.72 Å². The van der Waals surface area contributed by atoms with Crippen molar-refractivity contribution in [1.29, 1.82) is 0 Å². The highest BCUT2D eigenvalue weighted by atomic mass is 32.2. The van der Waals surface area contributed by atoms with Gasteiger partial charge in [0.25, 0.3) is 16.0 Å². The molecule has 26 heavy (non-hydrogen) atoms. The topological polar surface area (TPSA) is 103 Å². The Morgan fingerprint density at radius 2 is 2.00 bits per heavy atom. The molecule has 1 N–H and O–H groups in total. The molecular formula is C16H14N6O2S2. The van der Waals surface area contributed by atoms with Crippen LogP contribution in [0.15, 0.2) is 53.7 Å². The van der Waals surface area contributed by atoms with Crippen molar-refractivity contribution in [2.45, 2.75) is 18.4 Å². The second-order valence-corrected chi connectivity index (χ2v) is 7.93. The maximum Gasteiger partial charge on any atom is 0.266 e. The van der Waals surface area contributed by atoms with Gasteiger partial charge in [0.05, 0.1) is 18.3 Å². The molecular weight excluding hydrogens is 372 g/mol. The molecule has 132 valence electrons. The van der Waals surface area contributed by atoms with E-state index in [1.165, 1.54) is 12.4 Å². The van der Waals surface area contributed by atoms with Crippen molar-refractivity contribution in [3.63, 3.8) is 0 Å². The predicted octanol–water partition coefficient (Wildman–Crippen LogP) is 2.44. The molecule has 0 bridgehead atoms. The number of nitrogens with one attached hydrogen (secondary N) is 1. The van der Waals surface area contributed by atoms with Gasteiger partial charge in [-0.3, -0.25) is 0 Å². The van der Waals surface area contributed by atoms with Crippen LogP contribution in [0.1, 0.15) is 11.1 Å². The van der Waals surface area contributed by atoms with Gasteiger partial charge in [-0.25, -0.2) is 17.8 Å². The number of anilines is 1. The van der Waals surface area contributed by atoms with Crippen LogP contribution in [0.5, 0.6) is 0 Å². The number of rotatable bonds is 5. The lowest BCUT2D eigenvalue weighted by molar-refractivity contribution is 0.601. The second kappa shape index (κ2) is 6.46. The first-order valence-corrected chi connectivity index (χ1v) is 9.92. The number of aromatic nitrogens is 5. The van der Waals surface area contributed by atoms with E-state index in [9.17, 15) is 8.42 Å². The highest BCUT2D eigenvalue weighted by molar-refractivity contribution is 7.93. The van der Waals surface area contributed by atoms with Gasteiger partial charge < -0.3 is 0 Å². The molecule has 0 unspecified atom stereocenters. The van der Waals surface area contributed by atoms with Crippen LogP contribution in [0.25, 0.3) is 11.0 Å². The van der Waals surface area contributed by atoms with E-state index in [1.807, 2.05) is 31.2 Å². The Hall–Kier alpha value is -2.85. The van der Waals surface area contributed by atoms with Gasteiger partial charge in [-0.2, -0.15) is 13.7 Å². The summed E-state index contributed by atoms with van der Waals surface area (Å²) in [6.45, 7) is 2.51. The summed E-state index contributed by atoms with van der Waals surface area (Å²) in [7, 11) is -3.86. The van der Waals surface area contributed by atoms with E-state index < -0.39 is 10.0 Å². The van der Waals surface area contributed by atoms with Gasteiger partial charge in [-0.1, -0.05) is 35.9 Å². The smallest absolute Gasteiger partial charge is 0.246 e. The minimum atomic E-state index is -3.86. The lowest BCUT2D eigenvalue weighted by Gasteiger charge is -2.05. The number of hydrogen-bond acceptors (Lipinski definition) is 7. The zero-order chi connectivity index (χ0) is 18.1. The van der Waals surface area contributed by atoms with E-state index in [0.717, 1.165) is 22.9 Å². The first-order valence-electron chi connectivity index (χ1n) is 7.70. The fraction of sp³-hybridized carbons (Fsp3) is 0.125. The first-order chi connectivity index (χ1) is 12.5. The molecule has 4 rings (SSSR count). The quantitative estimate of drug-likeness (QED) is 0.565. The summed E-state index contributed by atoms with van der Waals surface area (Å²) in [5, 5.41) is 4.20. The zero-order valence-corrected chi connectivity index (χ0v) is 15.3. The Labute approximate surface area is 153 Å². The molecule has 0 saturated heterocycles. The third-order valence-corrected chi connectivity index (χ3v) is 5.63. The largest absolute Gasteiger partial charge is 0.266 e. The number of aryl methyl sites for hydroxylation is 1. The fourth-order valence-electron chi connectivity index (χ4n) is 2.59. The van der Waals surface area contributed by atoms with Crippen LogP contribution in [0.4, 0.5) is 5.95 Å². The van der Waals surface area contributed by atoms with Gasteiger partial charge in [-0.15, -0.1) is 5.10 Å². The van der Waals surface area contributed by atoms with Crippen molar-refractivity contribution in [1.82, 2.24) is 23.5 Å². The number of benzene rings is 2. The number of nitrogens with zero attached hydrogens (tertiary/aromatic N) is 5. The van der Waals surface area contributed by atoms with Gasteiger partial charge in [0.1, 0.15) is 22.3 Å². The summed E-state index contributed by atoms with van der Waals surface area (Å²) in [6.07, 6.45) is 1.49. The van der Waals surface area contributed by atoms with Crippen LogP contribution in [0, 0.1) is 6.92 Å². The molecule has 8 nitrogen and oxygen atoms in total. The average molecular weight is 386 g/mol. The van der Waals surface area contributed by atoms with Gasteiger partial charge in [0.2, 0.25) is 0 Å². The molecule has 2 heterocycles. The maximum atomic E-state index is 12.7. The number of fused-ring (bicyclic) bond motifs is 1. The fourth-order valence-corrected chi connectivity index (χ4v) is 4.30. The van der Waals surface area contributed by atoms with Crippen molar-refractivity contribution < 1.29 is 8.42 Å². The van der Waals surface area contributed by atoms with E-state index in [0.29, 0.717) is 17.6 Å². The Morgan fingerprint density at radius 3 is 2.85 bits per heavy atom. The minimum Gasteiger partial charge on any atom is -0.246 e. The zero-order valence-electron chi connectivity index (χ0n) is 13.7. The second-order valence-electron chi connectivity index (χ2n) is 5.75. The van der Waals surface area contributed by atoms with Crippen molar-refractivity contribution in [2.24, 2.45) is 0 Å². The van der Waals surface area contributed by atoms with Gasteiger partial charge in [-0.05, 0) is 24.6 Å². The van der Waals surface area contributed by atoms with E-state index in [4.69, 9.17) is 0 Å². The van der Waals surface area contributed by atoms with Crippen molar-refractivity contribution >= 4 is 38.7 Å². The molecule has 10 heteroatoms. The molecule has 2 aromatic carbocycles. The lowest BCUT2D eigenvalue weighted by atomic mass is 10.1. The van der Waals surface area contributed by atoms with Crippen LogP contribution >= 0.6 is 11.7 Å². The Morgan fingerprint density at radius 1 is 1.15 bits per heavy atom. The Balaban J connectivity index is 1.57. The highest BCUT2D eigenvalue weighted by Gasteiger charge is 2.21. The minimum absolute atomic E-state index is 0.0119. The first kappa shape index (κ1) is 16.6. The van der Waals surface area contributed by atoms with Crippen molar-refractivity contribution in [3.05, 3.63) is 59.9 Å². The SMILES string of the molecule is Cc1cccc(Cn2cnc(NS(=O)(=O)c3cccc4nsnc34)n2)c1. The molecule has 0 atom stereocenters. The third kappa shape index (κ3) is 3.28. The van der Waals surface area contributed by atoms with E-state index >= 15 is 0 Å². The summed E-state index contributed by atoms with van der Waals surface area (Å²) in [5.74, 6) is 0.0119. The molecule has 0 saturated carbocycles. The summed E-state index contributed by atoms with van der Waals surface area (Å²) in [5.41, 5.74) is 3.08. The van der Waals surface area contributed by atoms with Crippen molar-refractivity contribution in [2.75, 3.05) is 4.72 Å². The van der Waals surface area contributed by atoms with Gasteiger partial charge in [0, 0.05) is 0 Å². The monoisotopic (exact) mass is 386 g/mol. The maximum absolute atomic E-state index is 12.7. The normalized spacial score (nSPS) is 11.7. The molecule has 0 aliphatic carbocycles. The van der Waals surface area contributed by atoms with E-state index in [2.05, 4.69) is 23.6 Å². The Kier molecular flexibility index (Phi) is 4.13. The summed E-state index contributed by atoms with van der Waals surface area (Å²) < 4.78 is 37.4. The molecule has 0 fully saturated rings. The predicted molar refractivity (Wildman–Crippen MR) is 98.5 cm³/mol. The van der Waals surface area contributed by atoms with Crippen LogP contribution in [0.3, 0.4) is 0 Å². The lowest BCUT2D eigenvalue weighted by Crippen LogP contribution is -2.15. The van der Waals surface area contributed by atoms with Crippen LogP contribution in [0.2, 0.25) is 0 Å². The molecule has 0 aliphatic heterocycles. The molecule has 0 radical (unpaired) electrons. The van der Waals surface area contributed by atoms with Crippen LogP contribution in [-0.4, -0.2) is 31.9 Å². The van der Waals surface area contributed by atoms with Gasteiger partial charge in [0.15, 0.2) is 0 Å². The molecule has 0 aliphatic rings. The number of sulfonamides is 1.